The van der Waals surface area contributed by atoms with Crippen LogP contribution in [0, 0.1) is 11.6 Å². The van der Waals surface area contributed by atoms with E-state index in [1.165, 1.54) is 6.07 Å². The zero-order valence-electron chi connectivity index (χ0n) is 15.0. The number of carbonyl (C=O) groups is 1. The van der Waals surface area contributed by atoms with Crippen LogP contribution in [0.25, 0.3) is 11.0 Å². The van der Waals surface area contributed by atoms with Crippen molar-refractivity contribution in [2.45, 2.75) is 33.0 Å². The molecule has 0 fully saturated rings. The molecule has 6 nitrogen and oxygen atoms in total. The number of amides is 1. The van der Waals surface area contributed by atoms with Crippen LogP contribution in [0.15, 0.2) is 36.4 Å². The van der Waals surface area contributed by atoms with Crippen LogP contribution in [0.4, 0.5) is 8.78 Å². The standard InChI is InChI=1S/C19H20F2N4O2/c1-3-25-16-9-13(27-17-7-4-12(20)8-14(17)21)5-6-15(16)24-18(25)10-23-11(2)19(22)26/h4-9,11,23H,3,10H2,1-2H3,(H2,22,26)/t11-/m0/s1. The second-order valence-corrected chi connectivity index (χ2v) is 6.10. The molecule has 0 aliphatic rings. The van der Waals surface area contributed by atoms with Gasteiger partial charge in [-0.1, -0.05) is 0 Å². The lowest BCUT2D eigenvalue weighted by Crippen LogP contribution is -2.38. The first kappa shape index (κ1) is 18.8. The van der Waals surface area contributed by atoms with Crippen LogP contribution >= 0.6 is 0 Å². The molecule has 0 radical (unpaired) electrons. The smallest absolute Gasteiger partial charge is 0.234 e. The van der Waals surface area contributed by atoms with Gasteiger partial charge in [-0.2, -0.15) is 0 Å². The summed E-state index contributed by atoms with van der Waals surface area (Å²) >= 11 is 0. The molecule has 1 atom stereocenters. The molecule has 3 rings (SSSR count). The molecule has 3 aromatic rings. The van der Waals surface area contributed by atoms with Gasteiger partial charge in [-0.15, -0.1) is 0 Å². The van der Waals surface area contributed by atoms with Gasteiger partial charge in [0.1, 0.15) is 17.4 Å². The van der Waals surface area contributed by atoms with E-state index in [0.717, 1.165) is 29.0 Å². The van der Waals surface area contributed by atoms with Gasteiger partial charge in [0.2, 0.25) is 5.91 Å². The van der Waals surface area contributed by atoms with Gasteiger partial charge in [0.05, 0.1) is 23.6 Å². The average molecular weight is 374 g/mol. The lowest BCUT2D eigenvalue weighted by molar-refractivity contribution is -0.119. The molecule has 1 aromatic heterocycles. The van der Waals surface area contributed by atoms with Crippen molar-refractivity contribution in [2.75, 3.05) is 0 Å². The first-order valence-electron chi connectivity index (χ1n) is 8.53. The van der Waals surface area contributed by atoms with E-state index in [4.69, 9.17) is 10.5 Å². The van der Waals surface area contributed by atoms with Gasteiger partial charge < -0.3 is 15.0 Å². The minimum absolute atomic E-state index is 0.0597. The van der Waals surface area contributed by atoms with Crippen LogP contribution < -0.4 is 15.8 Å². The van der Waals surface area contributed by atoms with Gasteiger partial charge >= 0.3 is 0 Å². The molecule has 0 saturated carbocycles. The highest BCUT2D eigenvalue weighted by molar-refractivity contribution is 5.79. The Morgan fingerprint density at radius 1 is 1.30 bits per heavy atom. The summed E-state index contributed by atoms with van der Waals surface area (Å²) in [7, 11) is 0. The number of nitrogens with zero attached hydrogens (tertiary/aromatic N) is 2. The van der Waals surface area contributed by atoms with Gasteiger partial charge in [-0.05, 0) is 38.1 Å². The molecule has 27 heavy (non-hydrogen) atoms. The van der Waals surface area contributed by atoms with E-state index in [2.05, 4.69) is 10.3 Å². The maximum absolute atomic E-state index is 13.8. The number of hydrogen-bond acceptors (Lipinski definition) is 4. The molecule has 2 aromatic carbocycles. The minimum Gasteiger partial charge on any atom is -0.454 e. The number of nitrogens with two attached hydrogens (primary N) is 1. The van der Waals surface area contributed by atoms with Gasteiger partial charge in [0.15, 0.2) is 11.6 Å². The predicted octanol–water partition coefficient (Wildman–Crippen LogP) is 3.09. The highest BCUT2D eigenvalue weighted by Crippen LogP contribution is 2.28. The number of nitrogens with one attached hydrogen (secondary N) is 1. The summed E-state index contributed by atoms with van der Waals surface area (Å²) in [6.45, 7) is 4.67. The van der Waals surface area contributed by atoms with Crippen molar-refractivity contribution >= 4 is 16.9 Å². The van der Waals surface area contributed by atoms with Crippen molar-refractivity contribution in [1.82, 2.24) is 14.9 Å². The van der Waals surface area contributed by atoms with E-state index in [1.54, 1.807) is 25.1 Å². The fraction of sp³-hybridized carbons (Fsp3) is 0.263. The second kappa shape index (κ2) is 7.71. The topological polar surface area (TPSA) is 82.2 Å². The third kappa shape index (κ3) is 4.06. The van der Waals surface area contributed by atoms with Crippen molar-refractivity contribution in [2.24, 2.45) is 5.73 Å². The number of fused-ring (bicyclic) bond motifs is 1. The summed E-state index contributed by atoms with van der Waals surface area (Å²) in [5.41, 5.74) is 6.81. The molecular formula is C19H20F2N4O2. The Bertz CT molecular complexity index is 987. The molecular weight excluding hydrogens is 354 g/mol. The Morgan fingerprint density at radius 3 is 2.74 bits per heavy atom. The van der Waals surface area contributed by atoms with Gasteiger partial charge in [0, 0.05) is 18.7 Å². The van der Waals surface area contributed by atoms with Crippen LogP contribution in [-0.4, -0.2) is 21.5 Å². The van der Waals surface area contributed by atoms with Gasteiger partial charge in [-0.25, -0.2) is 13.8 Å². The first-order chi connectivity index (χ1) is 12.9. The van der Waals surface area contributed by atoms with Crippen molar-refractivity contribution in [3.63, 3.8) is 0 Å². The highest BCUT2D eigenvalue weighted by atomic mass is 19.1. The number of aromatic nitrogens is 2. The molecule has 0 bridgehead atoms. The molecule has 3 N–H and O–H groups in total. The zero-order valence-corrected chi connectivity index (χ0v) is 15.0. The zero-order chi connectivity index (χ0) is 19.6. The van der Waals surface area contributed by atoms with Gasteiger partial charge in [-0.3, -0.25) is 10.1 Å². The van der Waals surface area contributed by atoms with E-state index < -0.39 is 23.6 Å². The molecule has 0 saturated heterocycles. The van der Waals surface area contributed by atoms with Crippen molar-refractivity contribution in [1.29, 1.82) is 0 Å². The quantitative estimate of drug-likeness (QED) is 0.666. The third-order valence-corrected chi connectivity index (χ3v) is 4.23. The second-order valence-electron chi connectivity index (χ2n) is 6.10. The monoisotopic (exact) mass is 374 g/mol. The number of primary amides is 1. The Labute approximate surface area is 154 Å². The number of imidazole rings is 1. The van der Waals surface area contributed by atoms with Crippen LogP contribution in [0.1, 0.15) is 19.7 Å². The number of carbonyl (C=O) groups excluding carboxylic acids is 1. The summed E-state index contributed by atoms with van der Waals surface area (Å²) in [5.74, 6) is -0.786. The lowest BCUT2D eigenvalue weighted by Gasteiger charge is -2.11. The molecule has 0 spiro atoms. The van der Waals surface area contributed by atoms with Crippen LogP contribution in [0.3, 0.4) is 0 Å². The number of hydrogen-bond donors (Lipinski definition) is 2. The number of rotatable bonds is 7. The highest BCUT2D eigenvalue weighted by Gasteiger charge is 2.14. The van der Waals surface area contributed by atoms with E-state index in [0.29, 0.717) is 18.8 Å². The summed E-state index contributed by atoms with van der Waals surface area (Å²) < 4.78 is 34.4. The number of halogens is 2. The molecule has 8 heteroatoms. The fourth-order valence-electron chi connectivity index (χ4n) is 2.73. The predicted molar refractivity (Wildman–Crippen MR) is 97.3 cm³/mol. The van der Waals surface area contributed by atoms with E-state index in [1.807, 2.05) is 11.5 Å². The summed E-state index contributed by atoms with van der Waals surface area (Å²) in [6, 6.07) is 7.85. The van der Waals surface area contributed by atoms with Crippen LogP contribution in [0.2, 0.25) is 0 Å². The number of aryl methyl sites for hydroxylation is 1. The molecule has 142 valence electrons. The largest absolute Gasteiger partial charge is 0.454 e. The maximum Gasteiger partial charge on any atom is 0.234 e. The molecule has 0 aliphatic heterocycles. The Balaban J connectivity index is 1.88. The van der Waals surface area contributed by atoms with E-state index >= 15 is 0 Å². The van der Waals surface area contributed by atoms with Crippen LogP contribution in [-0.2, 0) is 17.9 Å². The Kier molecular flexibility index (Phi) is 5.36. The molecule has 1 amide bonds. The minimum atomic E-state index is -0.774. The maximum atomic E-state index is 13.8. The van der Waals surface area contributed by atoms with E-state index in [-0.39, 0.29) is 5.75 Å². The summed E-state index contributed by atoms with van der Waals surface area (Å²) in [6.07, 6.45) is 0. The molecule has 1 heterocycles. The normalized spacial score (nSPS) is 12.3. The Morgan fingerprint density at radius 2 is 2.07 bits per heavy atom. The number of ether oxygens (including phenoxy) is 1. The van der Waals surface area contributed by atoms with Crippen LogP contribution in [0.5, 0.6) is 11.5 Å². The molecule has 0 aliphatic carbocycles. The van der Waals surface area contributed by atoms with Crippen molar-refractivity contribution in [3.8, 4) is 11.5 Å². The number of benzene rings is 2. The SMILES string of the molecule is CCn1c(CN[C@@H](C)C(N)=O)nc2ccc(Oc3ccc(F)cc3F)cc21. The third-order valence-electron chi connectivity index (χ3n) is 4.23. The Hall–Kier alpha value is -3.00. The average Bonchev–Trinajstić information content (AvgIpc) is 2.98. The summed E-state index contributed by atoms with van der Waals surface area (Å²) in [4.78, 5) is 15.7. The first-order valence-corrected chi connectivity index (χ1v) is 8.53. The molecule has 0 unspecified atom stereocenters. The van der Waals surface area contributed by atoms with Crippen molar-refractivity contribution in [3.05, 3.63) is 53.9 Å². The van der Waals surface area contributed by atoms with Gasteiger partial charge in [0.25, 0.3) is 0 Å². The fourth-order valence-corrected chi connectivity index (χ4v) is 2.73. The summed E-state index contributed by atoms with van der Waals surface area (Å²) in [5, 5.41) is 3.03. The lowest BCUT2D eigenvalue weighted by atomic mass is 10.3. The van der Waals surface area contributed by atoms with E-state index in [9.17, 15) is 13.6 Å². The van der Waals surface area contributed by atoms with Crippen molar-refractivity contribution < 1.29 is 18.3 Å².